The lowest BCUT2D eigenvalue weighted by Crippen LogP contribution is -2.41. The molecule has 7 nitrogen and oxygen atoms in total. The molecule has 0 bridgehead atoms. The molecule has 0 atom stereocenters. The van der Waals surface area contributed by atoms with E-state index in [1.165, 1.54) is 4.31 Å². The lowest BCUT2D eigenvalue weighted by molar-refractivity contribution is -0.120. The molecule has 0 unspecified atom stereocenters. The minimum atomic E-state index is -3.96. The van der Waals surface area contributed by atoms with Gasteiger partial charge in [-0.2, -0.15) is 4.31 Å². The Bertz CT molecular complexity index is 1190. The number of ether oxygens (including phenoxy) is 2. The monoisotopic (exact) mass is 478 g/mol. The van der Waals surface area contributed by atoms with E-state index in [1.807, 2.05) is 0 Å². The smallest absolute Gasteiger partial charge is 0.251 e. The lowest BCUT2D eigenvalue weighted by Gasteiger charge is -2.30. The zero-order valence-electron chi connectivity index (χ0n) is 17.9. The molecule has 0 radical (unpaired) electrons. The van der Waals surface area contributed by atoms with Gasteiger partial charge in [0.15, 0.2) is 23.1 Å². The SMILES string of the molecule is O=C(Nc1ccc2c(c1)OC1(CCCC1)O2)C1CCN(S(=O)(=O)c2ccc(F)c(F)c2)CC1. The maximum Gasteiger partial charge on any atom is 0.251 e. The molecular formula is C23H24F2N2O5S. The highest BCUT2D eigenvalue weighted by Crippen LogP contribution is 2.47. The van der Waals surface area contributed by atoms with Gasteiger partial charge in [0, 0.05) is 43.6 Å². The second-order valence-electron chi connectivity index (χ2n) is 8.73. The topological polar surface area (TPSA) is 84.9 Å². The van der Waals surface area contributed by atoms with Crippen LogP contribution in [0, 0.1) is 17.6 Å². The molecule has 2 fully saturated rings. The van der Waals surface area contributed by atoms with Gasteiger partial charge in [-0.15, -0.1) is 0 Å². The molecule has 1 amide bonds. The first kappa shape index (κ1) is 22.1. The van der Waals surface area contributed by atoms with Crippen molar-refractivity contribution in [2.45, 2.75) is 49.2 Å². The molecule has 1 aliphatic carbocycles. The Morgan fingerprint density at radius 1 is 0.970 bits per heavy atom. The maximum atomic E-state index is 13.5. The number of rotatable bonds is 4. The van der Waals surface area contributed by atoms with Crippen LogP contribution >= 0.6 is 0 Å². The fraction of sp³-hybridized carbons (Fsp3) is 0.435. The fourth-order valence-corrected chi connectivity index (χ4v) is 6.16. The van der Waals surface area contributed by atoms with E-state index in [0.717, 1.165) is 37.8 Å². The molecule has 1 saturated carbocycles. The fourth-order valence-electron chi connectivity index (χ4n) is 4.68. The van der Waals surface area contributed by atoms with Crippen LogP contribution in [0.2, 0.25) is 0 Å². The van der Waals surface area contributed by atoms with Gasteiger partial charge in [0.05, 0.1) is 4.90 Å². The zero-order valence-corrected chi connectivity index (χ0v) is 18.7. The first-order chi connectivity index (χ1) is 15.8. The highest BCUT2D eigenvalue weighted by molar-refractivity contribution is 7.89. The van der Waals surface area contributed by atoms with Gasteiger partial charge in [0.2, 0.25) is 15.9 Å². The van der Waals surface area contributed by atoms with Gasteiger partial charge in [-0.05, 0) is 56.0 Å². The third-order valence-electron chi connectivity index (χ3n) is 6.52. The van der Waals surface area contributed by atoms with Crippen molar-refractivity contribution in [2.24, 2.45) is 5.92 Å². The van der Waals surface area contributed by atoms with Crippen LogP contribution in [-0.4, -0.2) is 37.5 Å². The van der Waals surface area contributed by atoms with Crippen LogP contribution in [0.5, 0.6) is 11.5 Å². The Morgan fingerprint density at radius 3 is 2.36 bits per heavy atom. The molecule has 1 spiro atoms. The minimum Gasteiger partial charge on any atom is -0.448 e. The summed E-state index contributed by atoms with van der Waals surface area (Å²) in [5.41, 5.74) is 0.592. The van der Waals surface area contributed by atoms with Gasteiger partial charge in [0.25, 0.3) is 5.79 Å². The van der Waals surface area contributed by atoms with E-state index >= 15 is 0 Å². The second-order valence-corrected chi connectivity index (χ2v) is 10.7. The number of fused-ring (bicyclic) bond motifs is 1. The molecule has 0 aromatic heterocycles. The molecular weight excluding hydrogens is 454 g/mol. The van der Waals surface area contributed by atoms with Crippen molar-refractivity contribution in [3.8, 4) is 11.5 Å². The summed E-state index contributed by atoms with van der Waals surface area (Å²) in [6.07, 6.45) is 4.44. The quantitative estimate of drug-likeness (QED) is 0.717. The third-order valence-corrected chi connectivity index (χ3v) is 8.42. The molecule has 33 heavy (non-hydrogen) atoms. The van der Waals surface area contributed by atoms with Crippen LogP contribution in [-0.2, 0) is 14.8 Å². The van der Waals surface area contributed by atoms with Gasteiger partial charge in [-0.3, -0.25) is 4.79 Å². The number of benzene rings is 2. The van der Waals surface area contributed by atoms with E-state index in [2.05, 4.69) is 5.32 Å². The summed E-state index contributed by atoms with van der Waals surface area (Å²) in [6, 6.07) is 7.82. The molecule has 2 aromatic rings. The van der Waals surface area contributed by atoms with Crippen LogP contribution in [0.25, 0.3) is 0 Å². The second kappa shape index (κ2) is 8.25. The Kier molecular flexibility index (Phi) is 5.52. The average Bonchev–Trinajstić information content (AvgIpc) is 3.40. The van der Waals surface area contributed by atoms with Crippen molar-refractivity contribution in [1.29, 1.82) is 0 Å². The van der Waals surface area contributed by atoms with Crippen LogP contribution in [0.3, 0.4) is 0 Å². The predicted molar refractivity (Wildman–Crippen MR) is 115 cm³/mol. The molecule has 3 aliphatic rings. The van der Waals surface area contributed by atoms with Crippen LogP contribution in [0.1, 0.15) is 38.5 Å². The van der Waals surface area contributed by atoms with Gasteiger partial charge < -0.3 is 14.8 Å². The Labute approximate surface area is 190 Å². The number of halogens is 2. The van der Waals surface area contributed by atoms with Crippen molar-refractivity contribution in [3.63, 3.8) is 0 Å². The van der Waals surface area contributed by atoms with E-state index in [-0.39, 0.29) is 29.8 Å². The first-order valence-electron chi connectivity index (χ1n) is 11.0. The normalized spacial score (nSPS) is 20.3. The first-order valence-corrected chi connectivity index (χ1v) is 12.5. The summed E-state index contributed by atoms with van der Waals surface area (Å²) in [7, 11) is -3.96. The Balaban J connectivity index is 1.20. The summed E-state index contributed by atoms with van der Waals surface area (Å²) in [5.74, 6) is -2.18. The number of hydrogen-bond acceptors (Lipinski definition) is 5. The number of amides is 1. The van der Waals surface area contributed by atoms with E-state index in [1.54, 1.807) is 18.2 Å². The highest BCUT2D eigenvalue weighted by Gasteiger charge is 2.44. The van der Waals surface area contributed by atoms with Crippen LogP contribution < -0.4 is 14.8 Å². The van der Waals surface area contributed by atoms with E-state index in [0.29, 0.717) is 36.1 Å². The summed E-state index contributed by atoms with van der Waals surface area (Å²) in [5, 5.41) is 2.89. The van der Waals surface area contributed by atoms with Gasteiger partial charge in [-0.25, -0.2) is 17.2 Å². The summed E-state index contributed by atoms with van der Waals surface area (Å²) in [6.45, 7) is 0.228. The number of anilines is 1. The molecule has 5 rings (SSSR count). The van der Waals surface area contributed by atoms with Crippen molar-refractivity contribution in [2.75, 3.05) is 18.4 Å². The number of nitrogens with zero attached hydrogens (tertiary/aromatic N) is 1. The molecule has 1 N–H and O–H groups in total. The van der Waals surface area contributed by atoms with E-state index in [4.69, 9.17) is 9.47 Å². The van der Waals surface area contributed by atoms with Crippen LogP contribution in [0.4, 0.5) is 14.5 Å². The van der Waals surface area contributed by atoms with Crippen molar-refractivity contribution in [3.05, 3.63) is 48.0 Å². The van der Waals surface area contributed by atoms with Gasteiger partial charge in [-0.1, -0.05) is 0 Å². The van der Waals surface area contributed by atoms with Gasteiger partial charge in [0.1, 0.15) is 0 Å². The molecule has 2 aromatic carbocycles. The van der Waals surface area contributed by atoms with Crippen molar-refractivity contribution >= 4 is 21.6 Å². The lowest BCUT2D eigenvalue weighted by atomic mass is 9.97. The molecule has 2 heterocycles. The largest absolute Gasteiger partial charge is 0.448 e. The minimum absolute atomic E-state index is 0.114. The number of nitrogens with one attached hydrogen (secondary N) is 1. The zero-order chi connectivity index (χ0) is 23.2. The standard InChI is InChI=1S/C23H24F2N2O5S/c24-18-5-4-17(14-19(18)25)33(29,30)27-11-7-15(8-12-27)22(28)26-16-3-6-20-21(13-16)32-23(31-20)9-1-2-10-23/h3-6,13-15H,1-2,7-12H2,(H,26,28). The maximum absolute atomic E-state index is 13.5. The summed E-state index contributed by atoms with van der Waals surface area (Å²) in [4.78, 5) is 12.5. The van der Waals surface area contributed by atoms with Crippen molar-refractivity contribution < 1.29 is 31.5 Å². The average molecular weight is 479 g/mol. The number of sulfonamides is 1. The Morgan fingerprint density at radius 2 is 1.67 bits per heavy atom. The number of carbonyl (C=O) groups is 1. The summed E-state index contributed by atoms with van der Waals surface area (Å²) >= 11 is 0. The molecule has 176 valence electrons. The highest BCUT2D eigenvalue weighted by atomic mass is 32.2. The number of hydrogen-bond donors (Lipinski definition) is 1. The third kappa shape index (κ3) is 4.17. The molecule has 1 saturated heterocycles. The summed E-state index contributed by atoms with van der Waals surface area (Å²) < 4.78 is 65.4. The van der Waals surface area contributed by atoms with Crippen LogP contribution in [0.15, 0.2) is 41.3 Å². The molecule has 10 heteroatoms. The predicted octanol–water partition coefficient (Wildman–Crippen LogP) is 4.05. The number of piperidine rings is 1. The Hall–Kier alpha value is -2.72. The van der Waals surface area contributed by atoms with E-state index < -0.39 is 27.4 Å². The van der Waals surface area contributed by atoms with Crippen molar-refractivity contribution in [1.82, 2.24) is 4.31 Å². The van der Waals surface area contributed by atoms with Gasteiger partial charge >= 0.3 is 0 Å². The number of carbonyl (C=O) groups excluding carboxylic acids is 1. The molecule has 2 aliphatic heterocycles. The van der Waals surface area contributed by atoms with E-state index in [9.17, 15) is 22.0 Å².